The molecule has 3 aromatic heterocycles. The molecular formula is C23H21FN4O2. The number of halogens is 1. The number of amides is 1. The maximum atomic E-state index is 14.3. The van der Waals surface area contributed by atoms with E-state index in [9.17, 15) is 9.18 Å². The van der Waals surface area contributed by atoms with Crippen LogP contribution < -0.4 is 4.74 Å². The second kappa shape index (κ2) is 7.48. The van der Waals surface area contributed by atoms with Gasteiger partial charge in [0.05, 0.1) is 11.6 Å². The third kappa shape index (κ3) is 3.30. The lowest BCUT2D eigenvalue weighted by Gasteiger charge is -2.33. The van der Waals surface area contributed by atoms with Crippen LogP contribution in [0.4, 0.5) is 4.39 Å². The number of aryl methyl sites for hydroxylation is 1. The lowest BCUT2D eigenvalue weighted by molar-refractivity contribution is 0.0467. The summed E-state index contributed by atoms with van der Waals surface area (Å²) in [5.41, 5.74) is 1.77. The SMILES string of the molecule is Cc1ccc(OC2CC3CC2N(C(=O)c2cccnc2-c2ncccc2F)C3)nc1. The van der Waals surface area contributed by atoms with Crippen LogP contribution in [0, 0.1) is 18.7 Å². The molecule has 2 bridgehead atoms. The number of hydrogen-bond acceptors (Lipinski definition) is 5. The van der Waals surface area contributed by atoms with Crippen LogP contribution in [0.25, 0.3) is 11.4 Å². The van der Waals surface area contributed by atoms with E-state index in [0.717, 1.165) is 18.4 Å². The van der Waals surface area contributed by atoms with Gasteiger partial charge in [-0.1, -0.05) is 6.07 Å². The van der Waals surface area contributed by atoms with Crippen molar-refractivity contribution in [2.75, 3.05) is 6.54 Å². The summed E-state index contributed by atoms with van der Waals surface area (Å²) < 4.78 is 20.4. The second-order valence-electron chi connectivity index (χ2n) is 7.93. The van der Waals surface area contributed by atoms with Gasteiger partial charge >= 0.3 is 0 Å². The van der Waals surface area contributed by atoms with Gasteiger partial charge in [0.2, 0.25) is 5.88 Å². The minimum Gasteiger partial charge on any atom is -0.472 e. The molecule has 5 rings (SSSR count). The van der Waals surface area contributed by atoms with Gasteiger partial charge in [0.25, 0.3) is 5.91 Å². The van der Waals surface area contributed by atoms with Crippen LogP contribution in [-0.4, -0.2) is 44.4 Å². The van der Waals surface area contributed by atoms with Gasteiger partial charge in [-0.05, 0) is 55.5 Å². The molecule has 0 N–H and O–H groups in total. The number of aromatic nitrogens is 3. The number of likely N-dealkylation sites (tertiary alicyclic amines) is 1. The quantitative estimate of drug-likeness (QED) is 0.664. The number of pyridine rings is 3. The Hall–Kier alpha value is -3.35. The van der Waals surface area contributed by atoms with E-state index in [-0.39, 0.29) is 29.4 Å². The van der Waals surface area contributed by atoms with Gasteiger partial charge in [-0.25, -0.2) is 9.37 Å². The van der Waals surface area contributed by atoms with Gasteiger partial charge in [-0.15, -0.1) is 0 Å². The fourth-order valence-electron chi connectivity index (χ4n) is 4.49. The molecule has 2 aliphatic rings. The Morgan fingerprint density at radius 3 is 2.60 bits per heavy atom. The Labute approximate surface area is 173 Å². The topological polar surface area (TPSA) is 68.2 Å². The summed E-state index contributed by atoms with van der Waals surface area (Å²) in [6, 6.07) is 9.99. The Kier molecular flexibility index (Phi) is 4.65. The van der Waals surface area contributed by atoms with Crippen molar-refractivity contribution in [2.24, 2.45) is 5.92 Å². The number of fused-ring (bicyclic) bond motifs is 2. The monoisotopic (exact) mass is 404 g/mol. The highest BCUT2D eigenvalue weighted by molar-refractivity contribution is 6.00. The minimum atomic E-state index is -0.500. The first-order valence-corrected chi connectivity index (χ1v) is 10.1. The minimum absolute atomic E-state index is 0.0350. The van der Waals surface area contributed by atoms with Crippen molar-refractivity contribution in [3.63, 3.8) is 0 Å². The van der Waals surface area contributed by atoms with Crippen LogP contribution >= 0.6 is 0 Å². The average molecular weight is 404 g/mol. The molecule has 0 aromatic carbocycles. The van der Waals surface area contributed by atoms with Crippen molar-refractivity contribution < 1.29 is 13.9 Å². The largest absolute Gasteiger partial charge is 0.472 e. The highest BCUT2D eigenvalue weighted by Gasteiger charge is 2.48. The predicted molar refractivity (Wildman–Crippen MR) is 108 cm³/mol. The zero-order chi connectivity index (χ0) is 20.7. The van der Waals surface area contributed by atoms with Crippen molar-refractivity contribution in [3.05, 3.63) is 71.9 Å². The average Bonchev–Trinajstić information content (AvgIpc) is 3.36. The van der Waals surface area contributed by atoms with Gasteiger partial charge in [-0.3, -0.25) is 14.8 Å². The number of carbonyl (C=O) groups is 1. The lowest BCUT2D eigenvalue weighted by Crippen LogP contribution is -2.47. The second-order valence-corrected chi connectivity index (χ2v) is 7.93. The molecule has 4 heterocycles. The zero-order valence-corrected chi connectivity index (χ0v) is 16.5. The number of ether oxygens (including phenoxy) is 1. The summed E-state index contributed by atoms with van der Waals surface area (Å²) in [7, 11) is 0. The fraction of sp³-hybridized carbons (Fsp3) is 0.304. The van der Waals surface area contributed by atoms with Gasteiger partial charge in [0.1, 0.15) is 17.5 Å². The lowest BCUT2D eigenvalue weighted by atomic mass is 10.0. The van der Waals surface area contributed by atoms with E-state index >= 15 is 0 Å². The van der Waals surface area contributed by atoms with Crippen LogP contribution in [0.5, 0.6) is 5.88 Å². The first-order valence-electron chi connectivity index (χ1n) is 10.1. The number of piperidine rings is 1. The van der Waals surface area contributed by atoms with Crippen molar-refractivity contribution in [1.29, 1.82) is 0 Å². The highest BCUT2D eigenvalue weighted by Crippen LogP contribution is 2.40. The molecule has 1 aliphatic carbocycles. The summed E-state index contributed by atoms with van der Waals surface area (Å²) in [5.74, 6) is 0.296. The van der Waals surface area contributed by atoms with Crippen molar-refractivity contribution >= 4 is 5.91 Å². The third-order valence-electron chi connectivity index (χ3n) is 5.86. The number of hydrogen-bond donors (Lipinski definition) is 0. The molecule has 0 radical (unpaired) electrons. The molecule has 3 atom stereocenters. The van der Waals surface area contributed by atoms with E-state index in [1.54, 1.807) is 24.5 Å². The van der Waals surface area contributed by atoms with Crippen molar-refractivity contribution in [1.82, 2.24) is 19.9 Å². The fourth-order valence-corrected chi connectivity index (χ4v) is 4.49. The first-order chi connectivity index (χ1) is 14.6. The maximum absolute atomic E-state index is 14.3. The molecule has 7 heteroatoms. The van der Waals surface area contributed by atoms with E-state index in [1.165, 1.54) is 18.3 Å². The molecule has 1 saturated heterocycles. The van der Waals surface area contributed by atoms with Gasteiger partial charge in [0.15, 0.2) is 5.82 Å². The van der Waals surface area contributed by atoms with Crippen LogP contribution in [0.15, 0.2) is 55.0 Å². The summed E-state index contributed by atoms with van der Waals surface area (Å²) >= 11 is 0. The molecule has 1 saturated carbocycles. The zero-order valence-electron chi connectivity index (χ0n) is 16.5. The molecular weight excluding hydrogens is 383 g/mol. The Bertz CT molecular complexity index is 1090. The van der Waals surface area contributed by atoms with E-state index in [2.05, 4.69) is 15.0 Å². The van der Waals surface area contributed by atoms with Gasteiger partial charge in [-0.2, -0.15) is 0 Å². The molecule has 2 fully saturated rings. The highest BCUT2D eigenvalue weighted by atomic mass is 19.1. The molecule has 152 valence electrons. The maximum Gasteiger partial charge on any atom is 0.256 e. The summed E-state index contributed by atoms with van der Waals surface area (Å²) in [6.45, 7) is 2.65. The Morgan fingerprint density at radius 2 is 1.87 bits per heavy atom. The van der Waals surface area contributed by atoms with Gasteiger partial charge in [0, 0.05) is 31.2 Å². The van der Waals surface area contributed by atoms with Crippen LogP contribution in [0.2, 0.25) is 0 Å². The normalized spacial score (nSPS) is 22.3. The van der Waals surface area contributed by atoms with Crippen LogP contribution in [-0.2, 0) is 0 Å². The molecule has 3 unspecified atom stereocenters. The first kappa shape index (κ1) is 18.7. The molecule has 0 spiro atoms. The number of rotatable bonds is 4. The molecule has 1 amide bonds. The molecule has 3 aromatic rings. The Morgan fingerprint density at radius 1 is 1.07 bits per heavy atom. The van der Waals surface area contributed by atoms with E-state index in [1.807, 2.05) is 24.0 Å². The number of carbonyl (C=O) groups excluding carboxylic acids is 1. The number of nitrogens with zero attached hydrogens (tertiary/aromatic N) is 4. The molecule has 1 aliphatic heterocycles. The third-order valence-corrected chi connectivity index (χ3v) is 5.86. The van der Waals surface area contributed by atoms with E-state index in [0.29, 0.717) is 23.9 Å². The summed E-state index contributed by atoms with van der Waals surface area (Å²) in [6.07, 6.45) is 6.52. The van der Waals surface area contributed by atoms with Crippen LogP contribution in [0.1, 0.15) is 28.8 Å². The van der Waals surface area contributed by atoms with Crippen molar-refractivity contribution in [2.45, 2.75) is 31.9 Å². The standard InChI is InChI=1S/C23H21FN4O2/c1-14-6-7-20(27-12-14)30-19-11-15-10-18(19)28(13-15)23(29)16-4-2-8-25-21(16)22-17(24)5-3-9-26-22/h2-9,12,15,18-19H,10-11,13H2,1H3. The van der Waals surface area contributed by atoms with E-state index < -0.39 is 5.82 Å². The van der Waals surface area contributed by atoms with Gasteiger partial charge < -0.3 is 9.64 Å². The summed E-state index contributed by atoms with van der Waals surface area (Å²) in [4.78, 5) is 28.0. The van der Waals surface area contributed by atoms with Crippen LogP contribution in [0.3, 0.4) is 0 Å². The summed E-state index contributed by atoms with van der Waals surface area (Å²) in [5, 5.41) is 0. The van der Waals surface area contributed by atoms with Crippen molar-refractivity contribution in [3.8, 4) is 17.3 Å². The Balaban J connectivity index is 1.41. The smallest absolute Gasteiger partial charge is 0.256 e. The van der Waals surface area contributed by atoms with E-state index in [4.69, 9.17) is 4.74 Å². The predicted octanol–water partition coefficient (Wildman–Crippen LogP) is 3.67. The molecule has 6 nitrogen and oxygen atoms in total. The molecule has 30 heavy (non-hydrogen) atoms.